The summed E-state index contributed by atoms with van der Waals surface area (Å²) in [4.78, 5) is 30.4. The van der Waals surface area contributed by atoms with Gasteiger partial charge in [0.2, 0.25) is 0 Å². The Morgan fingerprint density at radius 1 is 1.06 bits per heavy atom. The quantitative estimate of drug-likeness (QED) is 0.437. The van der Waals surface area contributed by atoms with E-state index in [0.29, 0.717) is 12.1 Å². The van der Waals surface area contributed by atoms with Crippen molar-refractivity contribution in [3.63, 3.8) is 0 Å². The SMILES string of the molecule is CNCC(=O)O.Cc1nc2c(C(N)=O)nc3ccccc3c2n1Cc1ccccc1.Cl. The number of carboxylic acids is 1. The van der Waals surface area contributed by atoms with Gasteiger partial charge in [-0.2, -0.15) is 0 Å². The summed E-state index contributed by atoms with van der Waals surface area (Å²) in [5.41, 5.74) is 9.13. The van der Waals surface area contributed by atoms with Gasteiger partial charge >= 0.3 is 5.97 Å². The summed E-state index contributed by atoms with van der Waals surface area (Å²) < 4.78 is 2.11. The summed E-state index contributed by atoms with van der Waals surface area (Å²) in [6.07, 6.45) is 0. The third-order valence-corrected chi connectivity index (χ3v) is 4.52. The number of fused-ring (bicyclic) bond motifs is 3. The van der Waals surface area contributed by atoms with Gasteiger partial charge in [-0.3, -0.25) is 9.59 Å². The molecule has 0 unspecified atom stereocenters. The fourth-order valence-electron chi connectivity index (χ4n) is 3.23. The van der Waals surface area contributed by atoms with Crippen LogP contribution < -0.4 is 11.1 Å². The Labute approximate surface area is 185 Å². The minimum absolute atomic E-state index is 0. The van der Waals surface area contributed by atoms with Crippen molar-refractivity contribution >= 4 is 46.2 Å². The highest BCUT2D eigenvalue weighted by Gasteiger charge is 2.19. The number of carbonyl (C=O) groups is 2. The van der Waals surface area contributed by atoms with Crippen LogP contribution in [0.25, 0.3) is 21.9 Å². The van der Waals surface area contributed by atoms with Crippen LogP contribution in [0.3, 0.4) is 0 Å². The average molecular weight is 442 g/mol. The van der Waals surface area contributed by atoms with Crippen molar-refractivity contribution in [2.45, 2.75) is 13.5 Å². The van der Waals surface area contributed by atoms with Gasteiger partial charge in [0.25, 0.3) is 5.91 Å². The number of amides is 1. The largest absolute Gasteiger partial charge is 0.480 e. The number of likely N-dealkylation sites (N-methyl/N-ethyl adjacent to an activating group) is 1. The number of primary amides is 1. The van der Waals surface area contributed by atoms with Gasteiger partial charge in [0.05, 0.1) is 17.6 Å². The molecule has 1 amide bonds. The Bertz CT molecular complexity index is 1210. The second-order valence-corrected chi connectivity index (χ2v) is 6.69. The molecule has 0 radical (unpaired) electrons. The molecule has 0 aliphatic heterocycles. The predicted octanol–water partition coefficient (Wildman–Crippen LogP) is 2.75. The van der Waals surface area contributed by atoms with E-state index in [2.05, 4.69) is 32.0 Å². The molecule has 0 aliphatic carbocycles. The van der Waals surface area contributed by atoms with Crippen molar-refractivity contribution in [2.24, 2.45) is 5.73 Å². The molecule has 0 saturated carbocycles. The first-order valence-corrected chi connectivity index (χ1v) is 9.38. The van der Waals surface area contributed by atoms with Crippen LogP contribution in [0.4, 0.5) is 0 Å². The van der Waals surface area contributed by atoms with E-state index in [1.165, 1.54) is 5.56 Å². The normalized spacial score (nSPS) is 10.3. The minimum atomic E-state index is -0.822. The summed E-state index contributed by atoms with van der Waals surface area (Å²) in [6, 6.07) is 17.9. The zero-order valence-electron chi connectivity index (χ0n) is 17.2. The molecule has 4 rings (SSSR count). The molecule has 0 atom stereocenters. The Morgan fingerprint density at radius 3 is 2.29 bits per heavy atom. The van der Waals surface area contributed by atoms with Crippen molar-refractivity contribution in [3.8, 4) is 0 Å². The van der Waals surface area contributed by atoms with E-state index in [1.54, 1.807) is 7.05 Å². The van der Waals surface area contributed by atoms with Crippen molar-refractivity contribution in [2.75, 3.05) is 13.6 Å². The number of nitrogens with one attached hydrogen (secondary N) is 1. The molecule has 9 heteroatoms. The molecule has 4 aromatic rings. The first-order chi connectivity index (χ1) is 14.4. The van der Waals surface area contributed by atoms with Crippen molar-refractivity contribution in [1.82, 2.24) is 19.9 Å². The molecule has 2 aromatic heterocycles. The van der Waals surface area contributed by atoms with E-state index in [4.69, 9.17) is 10.8 Å². The first kappa shape index (κ1) is 23.8. The Hall–Kier alpha value is -3.49. The van der Waals surface area contributed by atoms with Gasteiger partial charge in [0, 0.05) is 11.9 Å². The highest BCUT2D eigenvalue weighted by atomic mass is 35.5. The number of benzene rings is 2. The van der Waals surface area contributed by atoms with Crippen LogP contribution in [0.2, 0.25) is 0 Å². The average Bonchev–Trinajstić information content (AvgIpc) is 3.04. The Balaban J connectivity index is 0.000000433. The van der Waals surface area contributed by atoms with Crippen LogP contribution in [0.15, 0.2) is 54.6 Å². The number of rotatable bonds is 5. The van der Waals surface area contributed by atoms with Gasteiger partial charge in [-0.15, -0.1) is 12.4 Å². The van der Waals surface area contributed by atoms with E-state index in [9.17, 15) is 9.59 Å². The lowest BCUT2D eigenvalue weighted by atomic mass is 10.1. The van der Waals surface area contributed by atoms with E-state index < -0.39 is 11.9 Å². The molecular formula is C22H24ClN5O3. The monoisotopic (exact) mass is 441 g/mol. The lowest BCUT2D eigenvalue weighted by Gasteiger charge is -2.09. The molecule has 2 aromatic carbocycles. The number of aliphatic carboxylic acids is 1. The Kier molecular flexibility index (Phi) is 8.07. The van der Waals surface area contributed by atoms with Gasteiger partial charge < -0.3 is 20.7 Å². The zero-order chi connectivity index (χ0) is 21.7. The molecule has 0 bridgehead atoms. The zero-order valence-corrected chi connectivity index (χ0v) is 18.0. The number of imidazole rings is 1. The van der Waals surface area contributed by atoms with Crippen LogP contribution in [-0.2, 0) is 11.3 Å². The third kappa shape index (κ3) is 5.36. The maximum atomic E-state index is 11.8. The highest BCUT2D eigenvalue weighted by Crippen LogP contribution is 2.28. The minimum Gasteiger partial charge on any atom is -0.480 e. The lowest BCUT2D eigenvalue weighted by Crippen LogP contribution is -2.16. The standard InChI is InChI=1S/C19H16N4O.C3H7NO2.ClH/c1-12-21-16-17(19(20)24)22-15-10-6-5-9-14(15)18(16)23(12)11-13-7-3-2-4-8-13;1-4-2-3(5)6;/h2-10H,11H2,1H3,(H2,20,24);4H,2H2,1H3,(H,5,6);1H. The smallest absolute Gasteiger partial charge is 0.317 e. The second-order valence-electron chi connectivity index (χ2n) is 6.69. The lowest BCUT2D eigenvalue weighted by molar-refractivity contribution is -0.135. The van der Waals surface area contributed by atoms with E-state index in [-0.39, 0.29) is 24.6 Å². The maximum Gasteiger partial charge on any atom is 0.317 e. The molecule has 8 nitrogen and oxygen atoms in total. The van der Waals surface area contributed by atoms with Crippen LogP contribution in [0.1, 0.15) is 21.9 Å². The summed E-state index contributed by atoms with van der Waals surface area (Å²) >= 11 is 0. The topological polar surface area (TPSA) is 123 Å². The van der Waals surface area contributed by atoms with E-state index in [0.717, 1.165) is 22.2 Å². The number of hydrogen-bond donors (Lipinski definition) is 3. The van der Waals surface area contributed by atoms with Crippen molar-refractivity contribution in [3.05, 3.63) is 71.7 Å². The fraction of sp³-hybridized carbons (Fsp3) is 0.182. The predicted molar refractivity (Wildman–Crippen MR) is 123 cm³/mol. The van der Waals surface area contributed by atoms with E-state index in [1.807, 2.05) is 49.4 Å². The molecule has 31 heavy (non-hydrogen) atoms. The molecule has 162 valence electrons. The number of nitrogens with zero attached hydrogens (tertiary/aromatic N) is 3. The summed E-state index contributed by atoms with van der Waals surface area (Å²) in [5.74, 6) is -0.554. The molecular weight excluding hydrogens is 418 g/mol. The maximum absolute atomic E-state index is 11.8. The van der Waals surface area contributed by atoms with Gasteiger partial charge in [-0.1, -0.05) is 48.5 Å². The Morgan fingerprint density at radius 2 is 1.71 bits per heavy atom. The highest BCUT2D eigenvalue weighted by molar-refractivity contribution is 6.11. The summed E-state index contributed by atoms with van der Waals surface area (Å²) in [7, 11) is 1.59. The molecule has 2 heterocycles. The van der Waals surface area contributed by atoms with Gasteiger partial charge in [-0.05, 0) is 25.6 Å². The molecule has 0 saturated heterocycles. The molecule has 0 aliphatic rings. The number of nitrogens with two attached hydrogens (primary N) is 1. The van der Waals surface area contributed by atoms with Crippen LogP contribution >= 0.6 is 12.4 Å². The van der Waals surface area contributed by atoms with E-state index >= 15 is 0 Å². The number of carboxylic acid groups (broad SMARTS) is 1. The second kappa shape index (κ2) is 10.5. The number of aryl methyl sites for hydroxylation is 1. The van der Waals surface area contributed by atoms with Crippen LogP contribution in [0.5, 0.6) is 0 Å². The van der Waals surface area contributed by atoms with Crippen LogP contribution in [0, 0.1) is 6.92 Å². The summed E-state index contributed by atoms with van der Waals surface area (Å²) in [6.45, 7) is 2.65. The number of pyridine rings is 1. The van der Waals surface area contributed by atoms with Crippen LogP contribution in [-0.4, -0.2) is 45.1 Å². The molecule has 4 N–H and O–H groups in total. The van der Waals surface area contributed by atoms with Gasteiger partial charge in [0.15, 0.2) is 5.69 Å². The third-order valence-electron chi connectivity index (χ3n) is 4.52. The fourth-order valence-corrected chi connectivity index (χ4v) is 3.23. The number of hydrogen-bond acceptors (Lipinski definition) is 5. The van der Waals surface area contributed by atoms with Gasteiger partial charge in [0.1, 0.15) is 11.3 Å². The first-order valence-electron chi connectivity index (χ1n) is 9.38. The summed E-state index contributed by atoms with van der Waals surface area (Å²) in [5, 5.41) is 11.3. The molecule has 0 fully saturated rings. The van der Waals surface area contributed by atoms with Gasteiger partial charge in [-0.25, -0.2) is 9.97 Å². The number of aromatic nitrogens is 3. The number of para-hydroxylation sites is 1. The molecule has 0 spiro atoms. The van der Waals surface area contributed by atoms with Crippen molar-refractivity contribution < 1.29 is 14.7 Å². The number of carbonyl (C=O) groups excluding carboxylic acids is 1. The van der Waals surface area contributed by atoms with Crippen molar-refractivity contribution in [1.29, 1.82) is 0 Å². The number of halogens is 1.